The largest absolute Gasteiger partial charge is 0.401 e. The van der Waals surface area contributed by atoms with Crippen molar-refractivity contribution in [3.8, 4) is 0 Å². The molecule has 22 heavy (non-hydrogen) atoms. The zero-order valence-corrected chi connectivity index (χ0v) is 12.5. The molecule has 8 heteroatoms. The molecule has 0 bridgehead atoms. The van der Waals surface area contributed by atoms with Crippen molar-refractivity contribution in [2.24, 2.45) is 0 Å². The molecule has 2 aromatic rings. The predicted octanol–water partition coefficient (Wildman–Crippen LogP) is 2.62. The number of amides is 1. The van der Waals surface area contributed by atoms with E-state index in [9.17, 15) is 18.0 Å². The summed E-state index contributed by atoms with van der Waals surface area (Å²) >= 11 is 1.46. The summed E-state index contributed by atoms with van der Waals surface area (Å²) in [6.45, 7) is 0.204. The molecule has 3 rings (SSSR count). The average Bonchev–Trinajstić information content (AvgIpc) is 2.93. The number of aromatic nitrogens is 1. The van der Waals surface area contributed by atoms with E-state index < -0.39 is 12.7 Å². The molecule has 1 saturated heterocycles. The van der Waals surface area contributed by atoms with Crippen LogP contribution in [0, 0.1) is 0 Å². The fourth-order valence-corrected chi connectivity index (χ4v) is 3.25. The summed E-state index contributed by atoms with van der Waals surface area (Å²) in [5.41, 5.74) is 3.12. The first kappa shape index (κ1) is 15.2. The molecule has 118 valence electrons. The lowest BCUT2D eigenvalue weighted by Gasteiger charge is -2.35. The summed E-state index contributed by atoms with van der Waals surface area (Å²) in [5.74, 6) is -0.137. The Bertz CT molecular complexity index is 677. The van der Waals surface area contributed by atoms with Gasteiger partial charge >= 0.3 is 6.18 Å². The second kappa shape index (κ2) is 5.85. The van der Waals surface area contributed by atoms with Crippen molar-refractivity contribution in [3.63, 3.8) is 0 Å². The minimum absolute atomic E-state index is 0.137. The van der Waals surface area contributed by atoms with Gasteiger partial charge in [-0.2, -0.15) is 13.2 Å². The summed E-state index contributed by atoms with van der Waals surface area (Å²) in [4.78, 5) is 19.5. The van der Waals surface area contributed by atoms with Crippen molar-refractivity contribution >= 4 is 27.5 Å². The molecule has 0 atom stereocenters. The maximum atomic E-state index is 12.4. The Morgan fingerprint density at radius 2 is 1.95 bits per heavy atom. The van der Waals surface area contributed by atoms with Crippen molar-refractivity contribution in [2.45, 2.75) is 6.18 Å². The molecule has 1 aromatic heterocycles. The fourth-order valence-electron chi connectivity index (χ4n) is 2.53. The van der Waals surface area contributed by atoms with Gasteiger partial charge in [-0.25, -0.2) is 4.98 Å². The third-order valence-corrected chi connectivity index (χ3v) is 4.43. The highest BCUT2D eigenvalue weighted by Crippen LogP contribution is 2.21. The first-order valence-electron chi connectivity index (χ1n) is 6.84. The topological polar surface area (TPSA) is 36.4 Å². The van der Waals surface area contributed by atoms with E-state index in [2.05, 4.69) is 4.98 Å². The van der Waals surface area contributed by atoms with Crippen LogP contribution in [0.4, 0.5) is 13.2 Å². The number of thiazole rings is 1. The van der Waals surface area contributed by atoms with Gasteiger partial charge in [0.25, 0.3) is 5.91 Å². The van der Waals surface area contributed by atoms with Gasteiger partial charge in [0, 0.05) is 31.7 Å². The van der Waals surface area contributed by atoms with Crippen molar-refractivity contribution in [3.05, 3.63) is 29.3 Å². The second-order valence-electron chi connectivity index (χ2n) is 5.22. The number of piperazine rings is 1. The maximum absolute atomic E-state index is 12.4. The van der Waals surface area contributed by atoms with E-state index in [4.69, 9.17) is 0 Å². The van der Waals surface area contributed by atoms with Gasteiger partial charge in [0.05, 0.1) is 22.3 Å². The Kier molecular flexibility index (Phi) is 4.05. The van der Waals surface area contributed by atoms with Gasteiger partial charge in [0.2, 0.25) is 0 Å². The molecule has 1 aliphatic heterocycles. The molecule has 4 nitrogen and oxygen atoms in total. The zero-order chi connectivity index (χ0) is 15.7. The highest BCUT2D eigenvalue weighted by atomic mass is 32.1. The molecule has 0 spiro atoms. The number of nitrogens with zero attached hydrogens (tertiary/aromatic N) is 3. The molecule has 0 aliphatic carbocycles. The first-order chi connectivity index (χ1) is 10.4. The Labute approximate surface area is 129 Å². The van der Waals surface area contributed by atoms with E-state index in [0.717, 1.165) is 10.2 Å². The number of hydrogen-bond acceptors (Lipinski definition) is 4. The second-order valence-corrected chi connectivity index (χ2v) is 6.10. The summed E-state index contributed by atoms with van der Waals surface area (Å²) < 4.78 is 38.0. The highest BCUT2D eigenvalue weighted by Gasteiger charge is 2.33. The summed E-state index contributed by atoms with van der Waals surface area (Å²) in [6, 6.07) is 5.29. The minimum atomic E-state index is -4.19. The van der Waals surface area contributed by atoms with Crippen molar-refractivity contribution in [1.29, 1.82) is 0 Å². The predicted molar refractivity (Wildman–Crippen MR) is 78.0 cm³/mol. The number of carbonyl (C=O) groups is 1. The number of rotatable bonds is 2. The molecule has 1 amide bonds. The molecule has 2 heterocycles. The number of carbonyl (C=O) groups excluding carboxylic acids is 1. The Hall–Kier alpha value is -1.67. The van der Waals surface area contributed by atoms with Gasteiger partial charge in [0.1, 0.15) is 0 Å². The van der Waals surface area contributed by atoms with Crippen LogP contribution in [0.5, 0.6) is 0 Å². The van der Waals surface area contributed by atoms with Gasteiger partial charge in [-0.05, 0) is 18.2 Å². The zero-order valence-electron chi connectivity index (χ0n) is 11.6. The van der Waals surface area contributed by atoms with E-state index in [-0.39, 0.29) is 19.0 Å². The van der Waals surface area contributed by atoms with E-state index in [1.165, 1.54) is 16.2 Å². The fraction of sp³-hybridized carbons (Fsp3) is 0.429. The number of fused-ring (bicyclic) bond motifs is 1. The van der Waals surface area contributed by atoms with Crippen molar-refractivity contribution in [1.82, 2.24) is 14.8 Å². The van der Waals surface area contributed by atoms with Crippen LogP contribution in [0.25, 0.3) is 10.2 Å². The number of benzene rings is 1. The van der Waals surface area contributed by atoms with Gasteiger partial charge in [-0.15, -0.1) is 11.3 Å². The lowest BCUT2D eigenvalue weighted by atomic mass is 10.1. The smallest absolute Gasteiger partial charge is 0.336 e. The van der Waals surface area contributed by atoms with Crippen LogP contribution in [0.15, 0.2) is 23.7 Å². The van der Waals surface area contributed by atoms with Crippen LogP contribution >= 0.6 is 11.3 Å². The van der Waals surface area contributed by atoms with E-state index in [1.54, 1.807) is 28.6 Å². The molecule has 1 aromatic carbocycles. The van der Waals surface area contributed by atoms with Crippen molar-refractivity contribution < 1.29 is 18.0 Å². The van der Waals surface area contributed by atoms with Gasteiger partial charge < -0.3 is 4.90 Å². The number of hydrogen-bond donors (Lipinski definition) is 0. The Balaban J connectivity index is 1.64. The maximum Gasteiger partial charge on any atom is 0.401 e. The summed E-state index contributed by atoms with van der Waals surface area (Å²) in [5, 5.41) is 0. The molecule has 1 fully saturated rings. The minimum Gasteiger partial charge on any atom is -0.336 e. The summed E-state index contributed by atoms with van der Waals surface area (Å²) in [6.07, 6.45) is -4.19. The molecular weight excluding hydrogens is 315 g/mol. The van der Waals surface area contributed by atoms with Crippen molar-refractivity contribution in [2.75, 3.05) is 32.7 Å². The third-order valence-electron chi connectivity index (χ3n) is 3.64. The van der Waals surface area contributed by atoms with Gasteiger partial charge in [-0.1, -0.05) is 0 Å². The van der Waals surface area contributed by atoms with Crippen LogP contribution < -0.4 is 0 Å². The lowest BCUT2D eigenvalue weighted by molar-refractivity contribution is -0.148. The highest BCUT2D eigenvalue weighted by molar-refractivity contribution is 7.16. The van der Waals surface area contributed by atoms with Crippen LogP contribution in [0.3, 0.4) is 0 Å². The quantitative estimate of drug-likeness (QED) is 0.850. The van der Waals surface area contributed by atoms with Gasteiger partial charge in [0.15, 0.2) is 0 Å². The van der Waals surface area contributed by atoms with E-state index in [0.29, 0.717) is 18.7 Å². The molecule has 1 aliphatic rings. The SMILES string of the molecule is O=C(c1ccc2ncsc2c1)N1CCN(CC(F)(F)F)CC1. The van der Waals surface area contributed by atoms with Gasteiger partial charge in [-0.3, -0.25) is 9.69 Å². The molecule has 0 radical (unpaired) electrons. The van der Waals surface area contributed by atoms with Crippen LogP contribution in [0.1, 0.15) is 10.4 Å². The van der Waals surface area contributed by atoms with Crippen LogP contribution in [0.2, 0.25) is 0 Å². The number of halogens is 3. The molecule has 0 N–H and O–H groups in total. The van der Waals surface area contributed by atoms with Crippen LogP contribution in [-0.4, -0.2) is 59.6 Å². The van der Waals surface area contributed by atoms with Crippen LogP contribution in [-0.2, 0) is 0 Å². The number of alkyl halides is 3. The monoisotopic (exact) mass is 329 g/mol. The Morgan fingerprint density at radius 1 is 1.23 bits per heavy atom. The molecule has 0 unspecified atom stereocenters. The molecular formula is C14H14F3N3OS. The molecule has 0 saturated carbocycles. The summed E-state index contributed by atoms with van der Waals surface area (Å²) in [7, 11) is 0. The Morgan fingerprint density at radius 3 is 2.64 bits per heavy atom. The first-order valence-corrected chi connectivity index (χ1v) is 7.72. The van der Waals surface area contributed by atoms with E-state index in [1.807, 2.05) is 0 Å². The third kappa shape index (κ3) is 3.38. The lowest BCUT2D eigenvalue weighted by Crippen LogP contribution is -2.50. The normalized spacial score (nSPS) is 17.1. The standard InChI is InChI=1S/C14H14F3N3OS/c15-14(16,17)8-19-3-5-20(6-4-19)13(21)10-1-2-11-12(7-10)22-9-18-11/h1-2,7,9H,3-6,8H2. The van der Waals surface area contributed by atoms with E-state index >= 15 is 0 Å². The average molecular weight is 329 g/mol.